The smallest absolute Gasteiger partial charge is 0.261 e. The van der Waals surface area contributed by atoms with Gasteiger partial charge < -0.3 is 9.64 Å². The summed E-state index contributed by atoms with van der Waals surface area (Å²) in [6.07, 6.45) is 0.337. The van der Waals surface area contributed by atoms with Gasteiger partial charge in [-0.15, -0.1) is 0 Å². The Morgan fingerprint density at radius 1 is 1.19 bits per heavy atom. The van der Waals surface area contributed by atoms with E-state index in [1.807, 2.05) is 0 Å². The number of ether oxygens (including phenoxy) is 1. The minimum absolute atomic E-state index is 0.00429. The molecule has 5 nitrogen and oxygen atoms in total. The fraction of sp³-hybridized carbons (Fsp3) is 0.316. The van der Waals surface area contributed by atoms with Crippen LogP contribution in [-0.2, 0) is 21.2 Å². The van der Waals surface area contributed by atoms with Crippen molar-refractivity contribution in [3.63, 3.8) is 0 Å². The second-order valence-electron chi connectivity index (χ2n) is 6.41. The number of carbonyl (C=O) groups is 1. The van der Waals surface area contributed by atoms with Crippen LogP contribution < -0.4 is 4.74 Å². The lowest BCUT2D eigenvalue weighted by atomic mass is 10.1. The van der Waals surface area contributed by atoms with E-state index in [-0.39, 0.29) is 24.7 Å². The second-order valence-corrected chi connectivity index (χ2v) is 9.08. The summed E-state index contributed by atoms with van der Waals surface area (Å²) in [5.74, 6) is -0.451. The highest BCUT2D eigenvalue weighted by Gasteiger charge is 2.35. The van der Waals surface area contributed by atoms with E-state index in [0.717, 1.165) is 0 Å². The summed E-state index contributed by atoms with van der Waals surface area (Å²) in [5, 5.41) is 0.547. The Hall–Kier alpha value is -2.12. The molecule has 0 aromatic heterocycles. The number of hydrogen-bond acceptors (Lipinski definition) is 4. The summed E-state index contributed by atoms with van der Waals surface area (Å²) < 4.78 is 43.2. The fourth-order valence-electron chi connectivity index (χ4n) is 3.01. The molecule has 1 amide bonds. The molecule has 1 fully saturated rings. The molecule has 0 N–H and O–H groups in total. The number of halogens is 2. The van der Waals surface area contributed by atoms with Crippen LogP contribution >= 0.6 is 11.6 Å². The van der Waals surface area contributed by atoms with Gasteiger partial charge in [-0.1, -0.05) is 29.8 Å². The molecule has 144 valence electrons. The molecule has 0 unspecified atom stereocenters. The predicted molar refractivity (Wildman–Crippen MR) is 101 cm³/mol. The number of carbonyl (C=O) groups excluding carboxylic acids is 1. The first-order valence-electron chi connectivity index (χ1n) is 8.46. The van der Waals surface area contributed by atoms with Gasteiger partial charge in [0, 0.05) is 23.2 Å². The normalized spacial score (nSPS) is 18.2. The average Bonchev–Trinajstić information content (AvgIpc) is 3.00. The molecule has 0 saturated carbocycles. The summed E-state index contributed by atoms with van der Waals surface area (Å²) >= 11 is 5.82. The maximum absolute atomic E-state index is 14.0. The third kappa shape index (κ3) is 5.20. The number of amides is 1. The third-order valence-electron chi connectivity index (χ3n) is 4.44. The summed E-state index contributed by atoms with van der Waals surface area (Å²) in [6.45, 7) is -0.275. The van der Waals surface area contributed by atoms with E-state index in [9.17, 15) is 17.6 Å². The zero-order valence-electron chi connectivity index (χ0n) is 14.5. The SMILES string of the molecule is O=C(COc1ccc(Cl)cc1)N(Cc1ccccc1F)[C@@H]1CCS(=O)(=O)C1. The standard InChI is InChI=1S/C19H19ClFNO4S/c20-15-5-7-17(8-6-15)26-12-19(23)22(16-9-10-27(24,25)13-16)11-14-3-1-2-4-18(14)21/h1-8,16H,9-13H2/t16-/m1/s1. The lowest BCUT2D eigenvalue weighted by molar-refractivity contribution is -0.136. The zero-order valence-corrected chi connectivity index (χ0v) is 16.0. The van der Waals surface area contributed by atoms with Crippen molar-refractivity contribution in [2.45, 2.75) is 19.0 Å². The molecule has 1 aliphatic heterocycles. The molecular weight excluding hydrogens is 393 g/mol. The molecule has 1 heterocycles. The van der Waals surface area contributed by atoms with Crippen LogP contribution in [0, 0.1) is 5.82 Å². The minimum Gasteiger partial charge on any atom is -0.484 e. The van der Waals surface area contributed by atoms with Crippen molar-refractivity contribution in [2.75, 3.05) is 18.1 Å². The molecule has 8 heteroatoms. The number of sulfone groups is 1. The topological polar surface area (TPSA) is 63.7 Å². The van der Waals surface area contributed by atoms with Crippen LogP contribution in [0.5, 0.6) is 5.75 Å². The molecule has 0 radical (unpaired) electrons. The number of benzene rings is 2. The van der Waals surface area contributed by atoms with Crippen molar-refractivity contribution in [2.24, 2.45) is 0 Å². The first-order valence-corrected chi connectivity index (χ1v) is 10.7. The van der Waals surface area contributed by atoms with Gasteiger partial charge in [0.25, 0.3) is 5.91 Å². The maximum Gasteiger partial charge on any atom is 0.261 e. The van der Waals surface area contributed by atoms with Crippen LogP contribution in [0.2, 0.25) is 5.02 Å². The van der Waals surface area contributed by atoms with Gasteiger partial charge in [0.15, 0.2) is 16.4 Å². The monoisotopic (exact) mass is 411 g/mol. The zero-order chi connectivity index (χ0) is 19.4. The Balaban J connectivity index is 1.75. The van der Waals surface area contributed by atoms with Gasteiger partial charge in [-0.25, -0.2) is 12.8 Å². The van der Waals surface area contributed by atoms with E-state index in [1.165, 1.54) is 11.0 Å². The molecule has 1 atom stereocenters. The minimum atomic E-state index is -3.19. The van der Waals surface area contributed by atoms with E-state index < -0.39 is 27.6 Å². The Morgan fingerprint density at radius 3 is 2.52 bits per heavy atom. The highest BCUT2D eigenvalue weighted by atomic mass is 35.5. The number of hydrogen-bond donors (Lipinski definition) is 0. The molecule has 3 rings (SSSR count). The molecule has 2 aromatic carbocycles. The van der Waals surface area contributed by atoms with Crippen molar-refractivity contribution in [3.05, 3.63) is 64.9 Å². The summed E-state index contributed by atoms with van der Waals surface area (Å²) in [4.78, 5) is 14.2. The highest BCUT2D eigenvalue weighted by Crippen LogP contribution is 2.22. The summed E-state index contributed by atoms with van der Waals surface area (Å²) in [5.41, 5.74) is 0.335. The van der Waals surface area contributed by atoms with Crippen molar-refractivity contribution < 1.29 is 22.3 Å². The lowest BCUT2D eigenvalue weighted by Crippen LogP contribution is -2.43. The predicted octanol–water partition coefficient (Wildman–Crippen LogP) is 3.07. The second kappa shape index (κ2) is 8.27. The largest absolute Gasteiger partial charge is 0.484 e. The molecule has 0 bridgehead atoms. The van der Waals surface area contributed by atoms with Crippen LogP contribution in [0.25, 0.3) is 0 Å². The third-order valence-corrected chi connectivity index (χ3v) is 6.45. The Bertz CT molecular complexity index is 918. The number of nitrogens with zero attached hydrogens (tertiary/aromatic N) is 1. The summed E-state index contributed by atoms with van der Waals surface area (Å²) in [7, 11) is -3.19. The van der Waals surface area contributed by atoms with Crippen LogP contribution in [0.4, 0.5) is 4.39 Å². The first-order chi connectivity index (χ1) is 12.8. The van der Waals surface area contributed by atoms with E-state index in [1.54, 1.807) is 42.5 Å². The molecule has 0 aliphatic carbocycles. The van der Waals surface area contributed by atoms with Gasteiger partial charge in [0.05, 0.1) is 11.5 Å². The maximum atomic E-state index is 14.0. The quantitative estimate of drug-likeness (QED) is 0.732. The van der Waals surface area contributed by atoms with Crippen molar-refractivity contribution in [1.29, 1.82) is 0 Å². The van der Waals surface area contributed by atoms with E-state index >= 15 is 0 Å². The molecule has 1 saturated heterocycles. The van der Waals surface area contributed by atoms with Crippen LogP contribution in [-0.4, -0.2) is 43.4 Å². The van der Waals surface area contributed by atoms with Crippen LogP contribution in [0.15, 0.2) is 48.5 Å². The van der Waals surface area contributed by atoms with Gasteiger partial charge in [-0.2, -0.15) is 0 Å². The van der Waals surface area contributed by atoms with Gasteiger partial charge >= 0.3 is 0 Å². The van der Waals surface area contributed by atoms with Crippen molar-refractivity contribution >= 4 is 27.3 Å². The van der Waals surface area contributed by atoms with E-state index in [2.05, 4.69) is 0 Å². The van der Waals surface area contributed by atoms with Gasteiger partial charge in [0.1, 0.15) is 11.6 Å². The molecule has 27 heavy (non-hydrogen) atoms. The Kier molecular flexibility index (Phi) is 6.01. The van der Waals surface area contributed by atoms with Crippen LogP contribution in [0.1, 0.15) is 12.0 Å². The lowest BCUT2D eigenvalue weighted by Gasteiger charge is -2.28. The van der Waals surface area contributed by atoms with Gasteiger partial charge in [-0.3, -0.25) is 4.79 Å². The Morgan fingerprint density at radius 2 is 1.89 bits per heavy atom. The molecule has 2 aromatic rings. The summed E-state index contributed by atoms with van der Waals surface area (Å²) in [6, 6.07) is 12.2. The number of rotatable bonds is 6. The van der Waals surface area contributed by atoms with Gasteiger partial charge in [0.2, 0.25) is 0 Å². The van der Waals surface area contributed by atoms with E-state index in [0.29, 0.717) is 22.8 Å². The fourth-order valence-corrected chi connectivity index (χ4v) is 4.87. The van der Waals surface area contributed by atoms with E-state index in [4.69, 9.17) is 16.3 Å². The highest BCUT2D eigenvalue weighted by molar-refractivity contribution is 7.91. The average molecular weight is 412 g/mol. The first kappa shape index (κ1) is 19.6. The molecule has 1 aliphatic rings. The van der Waals surface area contributed by atoms with Crippen molar-refractivity contribution in [3.8, 4) is 5.75 Å². The van der Waals surface area contributed by atoms with Crippen molar-refractivity contribution in [1.82, 2.24) is 4.90 Å². The Labute approximate surface area is 162 Å². The molecular formula is C19H19ClFNO4S. The molecule has 0 spiro atoms. The van der Waals surface area contributed by atoms with Gasteiger partial charge in [-0.05, 0) is 36.8 Å². The van der Waals surface area contributed by atoms with Crippen LogP contribution in [0.3, 0.4) is 0 Å².